The van der Waals surface area contributed by atoms with E-state index in [9.17, 15) is 0 Å². The van der Waals surface area contributed by atoms with E-state index in [1.165, 1.54) is 29.8 Å². The number of rotatable bonds is 3. The molecule has 1 aliphatic rings. The molecule has 0 fully saturated rings. The standard InChI is InChI=1S/C19H31N.H3N3/c1-12(2)16-8-9-20(14(5)6)19-10-15(7)17(13(3)4)11-18(16)19;1-3-2/h10-14,16H,8-9H2,1-7H3;(H3,1,2). The molecule has 0 saturated heterocycles. The van der Waals surface area contributed by atoms with Gasteiger partial charge < -0.3 is 10.7 Å². The van der Waals surface area contributed by atoms with Crippen LogP contribution < -0.4 is 10.7 Å². The van der Waals surface area contributed by atoms with Gasteiger partial charge in [0.2, 0.25) is 0 Å². The highest BCUT2D eigenvalue weighted by Gasteiger charge is 2.29. The number of fused-ring (bicyclic) bond motifs is 1. The van der Waals surface area contributed by atoms with Gasteiger partial charge in [0.05, 0.1) is 0 Å². The predicted octanol–water partition coefficient (Wildman–Crippen LogP) is 5.37. The van der Waals surface area contributed by atoms with E-state index in [1.54, 1.807) is 5.56 Å². The van der Waals surface area contributed by atoms with Gasteiger partial charge in [-0.1, -0.05) is 39.0 Å². The minimum Gasteiger partial charge on any atom is -0.369 e. The Labute approximate surface area is 141 Å². The van der Waals surface area contributed by atoms with Crippen LogP contribution in [0.4, 0.5) is 5.69 Å². The number of benzene rings is 1. The van der Waals surface area contributed by atoms with Crippen molar-refractivity contribution in [3.63, 3.8) is 0 Å². The first-order valence-electron chi connectivity index (χ1n) is 8.72. The van der Waals surface area contributed by atoms with Crippen molar-refractivity contribution in [1.29, 1.82) is 5.53 Å². The number of anilines is 1. The molecular weight excluding hydrogens is 284 g/mol. The second-order valence-electron chi connectivity index (χ2n) is 7.48. The molecule has 130 valence electrons. The molecule has 23 heavy (non-hydrogen) atoms. The first-order chi connectivity index (χ1) is 10.7. The Kier molecular flexibility index (Phi) is 7.04. The van der Waals surface area contributed by atoms with Crippen LogP contribution in [0.1, 0.15) is 76.5 Å². The van der Waals surface area contributed by atoms with Crippen molar-refractivity contribution in [2.45, 2.75) is 72.8 Å². The molecule has 0 spiro atoms. The predicted molar refractivity (Wildman–Crippen MR) is 99.3 cm³/mol. The minimum atomic E-state index is 0.589. The van der Waals surface area contributed by atoms with Crippen LogP contribution in [0.15, 0.2) is 17.4 Å². The zero-order valence-corrected chi connectivity index (χ0v) is 15.9. The van der Waals surface area contributed by atoms with Crippen molar-refractivity contribution in [2.24, 2.45) is 17.0 Å². The summed E-state index contributed by atoms with van der Waals surface area (Å²) in [5.74, 6) is 6.20. The molecule has 0 aliphatic carbocycles. The van der Waals surface area contributed by atoms with Gasteiger partial charge in [0.25, 0.3) is 0 Å². The van der Waals surface area contributed by atoms with Gasteiger partial charge in [0, 0.05) is 18.3 Å². The summed E-state index contributed by atoms with van der Waals surface area (Å²) in [5, 5.41) is 2.25. The number of nitrogens with two attached hydrogens (primary N) is 1. The summed E-state index contributed by atoms with van der Waals surface area (Å²) in [4.78, 5) is 2.59. The summed E-state index contributed by atoms with van der Waals surface area (Å²) < 4.78 is 0. The lowest BCUT2D eigenvalue weighted by molar-refractivity contribution is 0.441. The van der Waals surface area contributed by atoms with Gasteiger partial charge in [-0.2, -0.15) is 5.53 Å². The van der Waals surface area contributed by atoms with Gasteiger partial charge in [-0.3, -0.25) is 0 Å². The molecule has 0 radical (unpaired) electrons. The van der Waals surface area contributed by atoms with Gasteiger partial charge in [0.15, 0.2) is 0 Å². The lowest BCUT2D eigenvalue weighted by atomic mass is 9.79. The Balaban J connectivity index is 0.000000816. The van der Waals surface area contributed by atoms with Crippen molar-refractivity contribution in [3.8, 4) is 0 Å². The van der Waals surface area contributed by atoms with E-state index in [0.29, 0.717) is 12.0 Å². The first-order valence-corrected chi connectivity index (χ1v) is 8.72. The minimum absolute atomic E-state index is 0.589. The Morgan fingerprint density at radius 3 is 2.17 bits per heavy atom. The van der Waals surface area contributed by atoms with Crippen LogP contribution in [-0.4, -0.2) is 12.6 Å². The molecule has 1 unspecified atom stereocenters. The third kappa shape index (κ3) is 4.46. The topological polar surface area (TPSA) is 65.5 Å². The lowest BCUT2D eigenvalue weighted by Crippen LogP contribution is -2.37. The number of hydrogen-bond donors (Lipinski definition) is 2. The molecule has 4 nitrogen and oxygen atoms in total. The molecule has 0 aromatic heterocycles. The summed E-state index contributed by atoms with van der Waals surface area (Å²) in [6.07, 6.45) is 1.30. The summed E-state index contributed by atoms with van der Waals surface area (Å²) in [7, 11) is 0. The number of aryl methyl sites for hydroxylation is 1. The van der Waals surface area contributed by atoms with Crippen LogP contribution in [0.5, 0.6) is 0 Å². The maximum Gasteiger partial charge on any atom is 0.0406 e. The molecule has 1 aromatic rings. The second-order valence-corrected chi connectivity index (χ2v) is 7.48. The molecular formula is C19H34N4. The molecule has 4 heteroatoms. The molecule has 1 atom stereocenters. The van der Waals surface area contributed by atoms with E-state index < -0.39 is 0 Å². The zero-order chi connectivity index (χ0) is 17.7. The van der Waals surface area contributed by atoms with Gasteiger partial charge in [0.1, 0.15) is 0 Å². The van der Waals surface area contributed by atoms with Crippen molar-refractivity contribution >= 4 is 5.69 Å². The van der Waals surface area contributed by atoms with Crippen molar-refractivity contribution < 1.29 is 0 Å². The molecule has 0 amide bonds. The SMILES string of the molecule is Cc1cc2c(cc1C(C)C)C(C(C)C)CCN2C(C)C.N=NN. The van der Waals surface area contributed by atoms with Gasteiger partial charge in [-0.05, 0) is 67.7 Å². The average molecular weight is 319 g/mol. The van der Waals surface area contributed by atoms with Crippen LogP contribution in [-0.2, 0) is 0 Å². The highest BCUT2D eigenvalue weighted by molar-refractivity contribution is 5.61. The van der Waals surface area contributed by atoms with Crippen molar-refractivity contribution in [2.75, 3.05) is 11.4 Å². The van der Waals surface area contributed by atoms with Crippen LogP contribution in [0.3, 0.4) is 0 Å². The molecule has 2 rings (SSSR count). The van der Waals surface area contributed by atoms with Crippen LogP contribution in [0, 0.1) is 18.4 Å². The second kappa shape index (κ2) is 8.32. The van der Waals surface area contributed by atoms with Gasteiger partial charge in [-0.25, -0.2) is 0 Å². The number of nitrogens with one attached hydrogen (secondary N) is 1. The van der Waals surface area contributed by atoms with E-state index in [0.717, 1.165) is 11.8 Å². The summed E-state index contributed by atoms with van der Waals surface area (Å²) in [6, 6.07) is 5.54. The Morgan fingerprint density at radius 2 is 1.74 bits per heavy atom. The molecule has 0 saturated carbocycles. The number of hydrogen-bond acceptors (Lipinski definition) is 3. The molecule has 0 bridgehead atoms. The van der Waals surface area contributed by atoms with E-state index in [2.05, 4.69) is 76.6 Å². The Hall–Kier alpha value is -1.58. The summed E-state index contributed by atoms with van der Waals surface area (Å²) in [6.45, 7) is 17.4. The lowest BCUT2D eigenvalue weighted by Gasteiger charge is -2.40. The molecule has 1 aliphatic heterocycles. The van der Waals surface area contributed by atoms with Gasteiger partial charge >= 0.3 is 0 Å². The van der Waals surface area contributed by atoms with Gasteiger partial charge in [-0.15, -0.1) is 0 Å². The molecule has 3 N–H and O–H groups in total. The zero-order valence-electron chi connectivity index (χ0n) is 15.9. The van der Waals surface area contributed by atoms with Crippen molar-refractivity contribution in [3.05, 3.63) is 28.8 Å². The van der Waals surface area contributed by atoms with E-state index in [4.69, 9.17) is 5.53 Å². The number of nitrogens with zero attached hydrogens (tertiary/aromatic N) is 2. The molecule has 1 aromatic carbocycles. The smallest absolute Gasteiger partial charge is 0.0406 e. The third-order valence-corrected chi connectivity index (χ3v) is 4.86. The maximum atomic E-state index is 5.61. The van der Waals surface area contributed by atoms with E-state index >= 15 is 0 Å². The Bertz CT molecular complexity index is 520. The largest absolute Gasteiger partial charge is 0.369 e. The third-order valence-electron chi connectivity index (χ3n) is 4.86. The fourth-order valence-electron chi connectivity index (χ4n) is 3.68. The van der Waals surface area contributed by atoms with E-state index in [1.807, 2.05) is 0 Å². The highest BCUT2D eigenvalue weighted by Crippen LogP contribution is 2.42. The molecule has 1 heterocycles. The summed E-state index contributed by atoms with van der Waals surface area (Å²) in [5.41, 5.74) is 11.7. The quantitative estimate of drug-likeness (QED) is 0.447. The summed E-state index contributed by atoms with van der Waals surface area (Å²) >= 11 is 0. The van der Waals surface area contributed by atoms with Crippen molar-refractivity contribution in [1.82, 2.24) is 0 Å². The van der Waals surface area contributed by atoms with E-state index in [-0.39, 0.29) is 0 Å². The Morgan fingerprint density at radius 1 is 1.17 bits per heavy atom. The highest BCUT2D eigenvalue weighted by atomic mass is 15.2. The van der Waals surface area contributed by atoms with Crippen LogP contribution in [0.25, 0.3) is 0 Å². The first kappa shape index (κ1) is 19.5. The average Bonchev–Trinajstić information content (AvgIpc) is 2.45. The van der Waals surface area contributed by atoms with Crippen LogP contribution in [0.2, 0.25) is 0 Å². The maximum absolute atomic E-state index is 5.61. The van der Waals surface area contributed by atoms with Crippen LogP contribution >= 0.6 is 0 Å². The normalized spacial score (nSPS) is 17.1. The fourth-order valence-corrected chi connectivity index (χ4v) is 3.68. The fraction of sp³-hybridized carbons (Fsp3) is 0.684. The monoisotopic (exact) mass is 318 g/mol.